The van der Waals surface area contributed by atoms with E-state index in [1.54, 1.807) is 0 Å². The highest BCUT2D eigenvalue weighted by molar-refractivity contribution is 5.73. The number of aromatic nitrogens is 4. The van der Waals surface area contributed by atoms with Crippen molar-refractivity contribution in [2.75, 3.05) is 6.54 Å². The molecule has 0 unspecified atom stereocenters. The van der Waals surface area contributed by atoms with Gasteiger partial charge in [-0.1, -0.05) is 30.3 Å². The van der Waals surface area contributed by atoms with Crippen molar-refractivity contribution in [3.63, 3.8) is 0 Å². The fourth-order valence-corrected chi connectivity index (χ4v) is 4.00. The second-order valence-corrected chi connectivity index (χ2v) is 8.13. The third-order valence-electron chi connectivity index (χ3n) is 5.70. The lowest BCUT2D eigenvalue weighted by Gasteiger charge is -2.27. The third-order valence-corrected chi connectivity index (χ3v) is 5.70. The minimum atomic E-state index is -5.08. The number of aliphatic carboxylic acids is 1. The average Bonchev–Trinajstić information content (AvgIpc) is 3.47. The summed E-state index contributed by atoms with van der Waals surface area (Å²) in [6.45, 7) is 2.89. The van der Waals surface area contributed by atoms with Crippen molar-refractivity contribution < 1.29 is 23.1 Å². The Morgan fingerprint density at radius 3 is 2.54 bits per heavy atom. The normalized spacial score (nSPS) is 13.6. The van der Waals surface area contributed by atoms with Gasteiger partial charge in [0, 0.05) is 61.8 Å². The first-order valence-electron chi connectivity index (χ1n) is 11.0. The van der Waals surface area contributed by atoms with Gasteiger partial charge in [-0.3, -0.25) is 15.0 Å². The van der Waals surface area contributed by atoms with Crippen LogP contribution in [-0.4, -0.2) is 48.4 Å². The number of hydrogen-bond donors (Lipinski definition) is 2. The molecule has 4 heterocycles. The Bertz CT molecular complexity index is 1250. The number of pyridine rings is 1. The number of carboxylic acids is 1. The van der Waals surface area contributed by atoms with Gasteiger partial charge in [0.2, 0.25) is 0 Å². The zero-order valence-electron chi connectivity index (χ0n) is 18.7. The molecular formula is C25H24F3N5O2. The number of rotatable bonds is 5. The van der Waals surface area contributed by atoms with Crippen LogP contribution in [0.15, 0.2) is 73.2 Å². The summed E-state index contributed by atoms with van der Waals surface area (Å²) >= 11 is 0. The first-order valence-corrected chi connectivity index (χ1v) is 11.0. The summed E-state index contributed by atoms with van der Waals surface area (Å²) in [5.74, 6) is -2.76. The second-order valence-electron chi connectivity index (χ2n) is 8.13. The molecule has 0 spiro atoms. The van der Waals surface area contributed by atoms with E-state index in [-0.39, 0.29) is 0 Å². The fourth-order valence-electron chi connectivity index (χ4n) is 4.00. The Kier molecular flexibility index (Phi) is 7.31. The van der Waals surface area contributed by atoms with Gasteiger partial charge < -0.3 is 9.67 Å². The van der Waals surface area contributed by atoms with Crippen LogP contribution in [0.25, 0.3) is 5.69 Å². The number of nitrogens with zero attached hydrogens (tertiary/aromatic N) is 4. The molecule has 0 bridgehead atoms. The largest absolute Gasteiger partial charge is 0.490 e. The van der Waals surface area contributed by atoms with Gasteiger partial charge in [0.25, 0.3) is 0 Å². The lowest BCUT2D eigenvalue weighted by Crippen LogP contribution is -2.31. The number of aromatic amines is 1. The molecule has 35 heavy (non-hydrogen) atoms. The molecule has 0 radical (unpaired) electrons. The van der Waals surface area contributed by atoms with Crippen LogP contribution in [0.2, 0.25) is 0 Å². The number of benzene rings is 1. The predicted octanol–water partition coefficient (Wildman–Crippen LogP) is 4.38. The van der Waals surface area contributed by atoms with Crippen molar-refractivity contribution in [3.05, 3.63) is 101 Å². The van der Waals surface area contributed by atoms with Crippen molar-refractivity contribution in [3.8, 4) is 5.69 Å². The standard InChI is InChI=1S/C23H23N5.C2HF3O2/c1-2-6-18(7-3-1)14-23-21-17-27(13-10-22(21)25-26-23)16-20-9-5-12-28(20)19-8-4-11-24-15-19;3-2(4,5)1(6)7/h1-9,11-12,15H,10,13-14,16-17H2,(H,25,26);(H,6,7). The molecule has 0 fully saturated rings. The van der Waals surface area contributed by atoms with E-state index in [9.17, 15) is 13.2 Å². The van der Waals surface area contributed by atoms with Gasteiger partial charge in [-0.2, -0.15) is 18.3 Å². The summed E-state index contributed by atoms with van der Waals surface area (Å²) in [6, 6.07) is 19.0. The van der Waals surface area contributed by atoms with Crippen LogP contribution in [0, 0.1) is 0 Å². The van der Waals surface area contributed by atoms with E-state index in [4.69, 9.17) is 9.90 Å². The SMILES string of the molecule is O=C(O)C(F)(F)F.c1ccc(Cc2n[nH]c3c2CN(Cc2cccn2-c2cccnc2)CC3)cc1. The quantitative estimate of drug-likeness (QED) is 0.440. The molecular weight excluding hydrogens is 459 g/mol. The topological polar surface area (TPSA) is 87.0 Å². The molecule has 0 atom stereocenters. The number of hydrogen-bond acceptors (Lipinski definition) is 4. The molecule has 0 amide bonds. The number of carboxylic acid groups (broad SMARTS) is 1. The molecule has 1 aromatic carbocycles. The molecule has 0 aliphatic carbocycles. The van der Waals surface area contributed by atoms with Gasteiger partial charge in [0.1, 0.15) is 0 Å². The van der Waals surface area contributed by atoms with Crippen LogP contribution >= 0.6 is 0 Å². The van der Waals surface area contributed by atoms with E-state index in [0.29, 0.717) is 0 Å². The molecule has 1 aliphatic heterocycles. The molecule has 7 nitrogen and oxygen atoms in total. The van der Waals surface area contributed by atoms with Gasteiger partial charge in [-0.05, 0) is 29.8 Å². The Morgan fingerprint density at radius 1 is 1.09 bits per heavy atom. The molecule has 2 N–H and O–H groups in total. The highest BCUT2D eigenvalue weighted by atomic mass is 19.4. The second kappa shape index (κ2) is 10.6. The minimum Gasteiger partial charge on any atom is -0.475 e. The molecule has 182 valence electrons. The van der Waals surface area contributed by atoms with E-state index in [1.165, 1.54) is 28.2 Å². The highest BCUT2D eigenvalue weighted by Gasteiger charge is 2.38. The highest BCUT2D eigenvalue weighted by Crippen LogP contribution is 2.24. The number of fused-ring (bicyclic) bond motifs is 1. The van der Waals surface area contributed by atoms with Crippen molar-refractivity contribution in [2.24, 2.45) is 0 Å². The van der Waals surface area contributed by atoms with Crippen molar-refractivity contribution in [1.29, 1.82) is 0 Å². The lowest BCUT2D eigenvalue weighted by molar-refractivity contribution is -0.192. The smallest absolute Gasteiger partial charge is 0.475 e. The molecule has 5 rings (SSSR count). The van der Waals surface area contributed by atoms with Crippen LogP contribution in [0.5, 0.6) is 0 Å². The van der Waals surface area contributed by atoms with E-state index in [0.717, 1.165) is 38.2 Å². The van der Waals surface area contributed by atoms with Gasteiger partial charge in [-0.15, -0.1) is 0 Å². The van der Waals surface area contributed by atoms with E-state index < -0.39 is 12.1 Å². The maximum Gasteiger partial charge on any atom is 0.490 e. The molecule has 4 aromatic rings. The first kappa shape index (κ1) is 24.2. The summed E-state index contributed by atoms with van der Waals surface area (Å²) in [5, 5.41) is 15.0. The monoisotopic (exact) mass is 483 g/mol. The zero-order chi connectivity index (χ0) is 24.8. The summed E-state index contributed by atoms with van der Waals surface area (Å²) in [6.07, 6.45) is 2.65. The zero-order valence-corrected chi connectivity index (χ0v) is 18.7. The number of halogens is 3. The fraction of sp³-hybridized carbons (Fsp3) is 0.240. The maximum atomic E-state index is 10.6. The predicted molar refractivity (Wildman–Crippen MR) is 123 cm³/mol. The Hall–Kier alpha value is -3.92. The maximum absolute atomic E-state index is 10.6. The van der Waals surface area contributed by atoms with E-state index in [2.05, 4.69) is 79.4 Å². The Labute approximate surface area is 199 Å². The summed E-state index contributed by atoms with van der Waals surface area (Å²) in [7, 11) is 0. The average molecular weight is 483 g/mol. The van der Waals surface area contributed by atoms with Gasteiger partial charge in [0.15, 0.2) is 0 Å². The van der Waals surface area contributed by atoms with Crippen LogP contribution in [0.4, 0.5) is 13.2 Å². The molecule has 0 saturated carbocycles. The van der Waals surface area contributed by atoms with Gasteiger partial charge >= 0.3 is 12.1 Å². The molecule has 0 saturated heterocycles. The molecule has 10 heteroatoms. The number of alkyl halides is 3. The van der Waals surface area contributed by atoms with Crippen molar-refractivity contribution in [2.45, 2.75) is 32.1 Å². The van der Waals surface area contributed by atoms with Crippen molar-refractivity contribution in [1.82, 2.24) is 24.6 Å². The summed E-state index contributed by atoms with van der Waals surface area (Å²) in [4.78, 5) is 15.7. The van der Waals surface area contributed by atoms with Gasteiger partial charge in [0.05, 0.1) is 17.6 Å². The minimum absolute atomic E-state index is 0.882. The van der Waals surface area contributed by atoms with E-state index in [1.807, 2.05) is 18.5 Å². The van der Waals surface area contributed by atoms with Crippen molar-refractivity contribution >= 4 is 5.97 Å². The number of nitrogens with one attached hydrogen (secondary N) is 1. The Morgan fingerprint density at radius 2 is 1.86 bits per heavy atom. The molecule has 1 aliphatic rings. The van der Waals surface area contributed by atoms with Crippen LogP contribution in [0.1, 0.15) is 28.2 Å². The Balaban J connectivity index is 0.000000364. The van der Waals surface area contributed by atoms with Gasteiger partial charge in [-0.25, -0.2) is 4.79 Å². The van der Waals surface area contributed by atoms with Crippen LogP contribution in [-0.2, 0) is 30.7 Å². The summed E-state index contributed by atoms with van der Waals surface area (Å²) in [5.41, 5.74) is 7.53. The van der Waals surface area contributed by atoms with Crippen LogP contribution < -0.4 is 0 Å². The first-order chi connectivity index (χ1) is 16.8. The third kappa shape index (κ3) is 6.15. The van der Waals surface area contributed by atoms with Crippen LogP contribution in [0.3, 0.4) is 0 Å². The number of carbonyl (C=O) groups is 1. The number of H-pyrrole nitrogens is 1. The lowest BCUT2D eigenvalue weighted by atomic mass is 10.0. The van der Waals surface area contributed by atoms with E-state index >= 15 is 0 Å². The summed E-state index contributed by atoms with van der Waals surface area (Å²) < 4.78 is 34.0. The molecule has 3 aromatic heterocycles.